The van der Waals surface area contributed by atoms with E-state index in [9.17, 15) is 0 Å². The molecule has 2 N–H and O–H groups in total. The molecule has 1 nitrogen and oxygen atoms in total. The van der Waals surface area contributed by atoms with Crippen molar-refractivity contribution < 1.29 is 0 Å². The van der Waals surface area contributed by atoms with Crippen molar-refractivity contribution in [1.82, 2.24) is 0 Å². The van der Waals surface area contributed by atoms with E-state index < -0.39 is 0 Å². The van der Waals surface area contributed by atoms with Crippen molar-refractivity contribution in [3.8, 4) is 0 Å². The second-order valence-corrected chi connectivity index (χ2v) is 2.55. The fourth-order valence-electron chi connectivity index (χ4n) is 0.395. The van der Waals surface area contributed by atoms with E-state index in [1.807, 2.05) is 32.2 Å². The Labute approximate surface area is 60.5 Å². The minimum absolute atomic E-state index is 0.907. The first-order chi connectivity index (χ1) is 4.30. The second kappa shape index (κ2) is 4.39. The Morgan fingerprint density at radius 3 is 2.11 bits per heavy atom. The van der Waals surface area contributed by atoms with Gasteiger partial charge >= 0.3 is 0 Å². The Morgan fingerprint density at radius 2 is 2.00 bits per heavy atom. The highest BCUT2D eigenvalue weighted by atomic mass is 32.1. The van der Waals surface area contributed by atoms with Gasteiger partial charge in [-0.05, 0) is 18.4 Å². The second-order valence-electron chi connectivity index (χ2n) is 1.43. The van der Waals surface area contributed by atoms with Crippen molar-refractivity contribution in [1.29, 1.82) is 0 Å². The Morgan fingerprint density at radius 1 is 1.44 bits per heavy atom. The predicted octanol–water partition coefficient (Wildman–Crippen LogP) is 2.66. The van der Waals surface area contributed by atoms with Crippen molar-refractivity contribution in [2.45, 2.75) is 20.8 Å². The number of rotatable bonds is 0. The van der Waals surface area contributed by atoms with E-state index in [0.717, 1.165) is 5.69 Å². The maximum absolute atomic E-state index is 5.45. The lowest BCUT2D eigenvalue weighted by molar-refractivity contribution is 1.50. The van der Waals surface area contributed by atoms with Crippen LogP contribution in [0.1, 0.15) is 18.7 Å². The SMILES string of the molecule is CC.Cc1sccc1N. The van der Waals surface area contributed by atoms with E-state index >= 15 is 0 Å². The molecule has 1 heterocycles. The van der Waals surface area contributed by atoms with Crippen LogP contribution in [-0.2, 0) is 0 Å². The summed E-state index contributed by atoms with van der Waals surface area (Å²) < 4.78 is 0. The Balaban J connectivity index is 0.000000291. The Kier molecular flexibility index (Phi) is 4.14. The average molecular weight is 143 g/mol. The highest BCUT2D eigenvalue weighted by Crippen LogP contribution is 2.15. The van der Waals surface area contributed by atoms with Crippen LogP contribution in [0.2, 0.25) is 0 Å². The molecule has 0 fully saturated rings. The zero-order valence-corrected chi connectivity index (χ0v) is 6.96. The van der Waals surface area contributed by atoms with Crippen molar-refractivity contribution in [2.75, 3.05) is 5.73 Å². The molecular formula is C7H13NS. The van der Waals surface area contributed by atoms with Crippen LogP contribution in [-0.4, -0.2) is 0 Å². The first-order valence-corrected chi connectivity index (χ1v) is 3.98. The van der Waals surface area contributed by atoms with Crippen molar-refractivity contribution in [2.24, 2.45) is 0 Å². The molecule has 0 unspecified atom stereocenters. The fourth-order valence-corrected chi connectivity index (χ4v) is 1.02. The molecule has 0 spiro atoms. The zero-order chi connectivity index (χ0) is 7.28. The molecule has 0 aliphatic carbocycles. The zero-order valence-electron chi connectivity index (χ0n) is 6.14. The van der Waals surface area contributed by atoms with Gasteiger partial charge in [-0.25, -0.2) is 0 Å². The van der Waals surface area contributed by atoms with E-state index in [-0.39, 0.29) is 0 Å². The van der Waals surface area contributed by atoms with Gasteiger partial charge in [-0.15, -0.1) is 11.3 Å². The van der Waals surface area contributed by atoms with E-state index in [2.05, 4.69) is 0 Å². The van der Waals surface area contributed by atoms with Gasteiger partial charge < -0.3 is 5.73 Å². The molecule has 1 rings (SSSR count). The van der Waals surface area contributed by atoms with Gasteiger partial charge in [0.2, 0.25) is 0 Å². The molecule has 9 heavy (non-hydrogen) atoms. The van der Waals surface area contributed by atoms with Crippen LogP contribution in [0, 0.1) is 6.92 Å². The first-order valence-electron chi connectivity index (χ1n) is 3.10. The van der Waals surface area contributed by atoms with Gasteiger partial charge in [0.15, 0.2) is 0 Å². The largest absolute Gasteiger partial charge is 0.398 e. The molecule has 0 atom stereocenters. The van der Waals surface area contributed by atoms with Crippen LogP contribution in [0.15, 0.2) is 11.4 Å². The van der Waals surface area contributed by atoms with Gasteiger partial charge in [0.05, 0.1) is 0 Å². The van der Waals surface area contributed by atoms with Crippen molar-refractivity contribution >= 4 is 17.0 Å². The van der Waals surface area contributed by atoms with E-state index in [4.69, 9.17) is 5.73 Å². The third kappa shape index (κ3) is 2.51. The molecule has 0 aliphatic heterocycles. The first kappa shape index (κ1) is 8.50. The van der Waals surface area contributed by atoms with Gasteiger partial charge in [0, 0.05) is 10.6 Å². The summed E-state index contributed by atoms with van der Waals surface area (Å²) in [5, 5.41) is 1.99. The van der Waals surface area contributed by atoms with Gasteiger partial charge in [-0.3, -0.25) is 0 Å². The summed E-state index contributed by atoms with van der Waals surface area (Å²) in [5.41, 5.74) is 6.36. The molecule has 0 amide bonds. The molecular weight excluding hydrogens is 130 g/mol. The lowest BCUT2D eigenvalue weighted by atomic mass is 10.4. The fraction of sp³-hybridized carbons (Fsp3) is 0.429. The number of thiophene rings is 1. The molecule has 0 saturated heterocycles. The monoisotopic (exact) mass is 143 g/mol. The smallest absolute Gasteiger partial charge is 0.0452 e. The molecule has 0 saturated carbocycles. The maximum Gasteiger partial charge on any atom is 0.0452 e. The summed E-state index contributed by atoms with van der Waals surface area (Å²) in [7, 11) is 0. The number of nitrogens with two attached hydrogens (primary N) is 1. The van der Waals surface area contributed by atoms with Crippen LogP contribution in [0.3, 0.4) is 0 Å². The number of nitrogen functional groups attached to an aromatic ring is 1. The van der Waals surface area contributed by atoms with Crippen LogP contribution in [0.25, 0.3) is 0 Å². The lowest BCUT2D eigenvalue weighted by Gasteiger charge is -1.81. The highest BCUT2D eigenvalue weighted by molar-refractivity contribution is 7.10. The summed E-state index contributed by atoms with van der Waals surface area (Å²) in [6.45, 7) is 6.01. The number of hydrogen-bond donors (Lipinski definition) is 1. The third-order valence-electron chi connectivity index (χ3n) is 0.899. The quantitative estimate of drug-likeness (QED) is 0.593. The standard InChI is InChI=1S/C5H7NS.C2H6/c1-4-5(6)2-3-7-4;1-2/h2-3H,6H2,1H3;1-2H3. The molecule has 1 aromatic heterocycles. The lowest BCUT2D eigenvalue weighted by Crippen LogP contribution is -1.79. The van der Waals surface area contributed by atoms with Crippen molar-refractivity contribution in [3.63, 3.8) is 0 Å². The van der Waals surface area contributed by atoms with Crippen LogP contribution < -0.4 is 5.73 Å². The maximum atomic E-state index is 5.45. The number of anilines is 1. The van der Waals surface area contributed by atoms with Gasteiger partial charge in [-0.2, -0.15) is 0 Å². The molecule has 0 radical (unpaired) electrons. The van der Waals surface area contributed by atoms with Crippen LogP contribution in [0.5, 0.6) is 0 Å². The van der Waals surface area contributed by atoms with Crippen molar-refractivity contribution in [3.05, 3.63) is 16.3 Å². The number of hydrogen-bond acceptors (Lipinski definition) is 2. The number of aryl methyl sites for hydroxylation is 1. The minimum atomic E-state index is 0.907. The predicted molar refractivity (Wildman–Crippen MR) is 44.8 cm³/mol. The topological polar surface area (TPSA) is 26.0 Å². The highest BCUT2D eigenvalue weighted by Gasteiger charge is 1.87. The van der Waals surface area contributed by atoms with Crippen LogP contribution >= 0.6 is 11.3 Å². The minimum Gasteiger partial charge on any atom is -0.398 e. The van der Waals surface area contributed by atoms with Gasteiger partial charge in [-0.1, -0.05) is 13.8 Å². The van der Waals surface area contributed by atoms with E-state index in [1.54, 1.807) is 11.3 Å². The third-order valence-corrected chi connectivity index (χ3v) is 1.76. The average Bonchev–Trinajstić information content (AvgIpc) is 2.23. The summed E-state index contributed by atoms with van der Waals surface area (Å²) in [4.78, 5) is 1.21. The molecule has 0 aliphatic rings. The van der Waals surface area contributed by atoms with Gasteiger partial charge in [0.1, 0.15) is 0 Å². The van der Waals surface area contributed by atoms with Gasteiger partial charge in [0.25, 0.3) is 0 Å². The summed E-state index contributed by atoms with van der Waals surface area (Å²) in [6.07, 6.45) is 0. The summed E-state index contributed by atoms with van der Waals surface area (Å²) in [5.74, 6) is 0. The molecule has 0 bridgehead atoms. The normalized spacial score (nSPS) is 7.89. The molecule has 0 aromatic carbocycles. The van der Waals surface area contributed by atoms with E-state index in [1.165, 1.54) is 4.88 Å². The Hall–Kier alpha value is -0.500. The summed E-state index contributed by atoms with van der Waals surface area (Å²) >= 11 is 1.68. The van der Waals surface area contributed by atoms with Crippen LogP contribution in [0.4, 0.5) is 5.69 Å². The van der Waals surface area contributed by atoms with E-state index in [0.29, 0.717) is 0 Å². The molecule has 2 heteroatoms. The summed E-state index contributed by atoms with van der Waals surface area (Å²) in [6, 6.07) is 1.92. The Bertz CT molecular complexity index is 141. The molecule has 52 valence electrons. The molecule has 1 aromatic rings.